The van der Waals surface area contributed by atoms with Crippen molar-refractivity contribution in [3.05, 3.63) is 71.8 Å². The molecule has 0 aliphatic heterocycles. The number of nitrogens with zero attached hydrogens (tertiary/aromatic N) is 1. The molecule has 1 amide bonds. The van der Waals surface area contributed by atoms with Crippen molar-refractivity contribution in [2.45, 2.75) is 45.8 Å². The van der Waals surface area contributed by atoms with Crippen LogP contribution in [0.25, 0.3) is 0 Å². The molecule has 31 heavy (non-hydrogen) atoms. The summed E-state index contributed by atoms with van der Waals surface area (Å²) in [4.78, 5) is 38.5. The van der Waals surface area contributed by atoms with Crippen molar-refractivity contribution in [1.82, 2.24) is 4.90 Å². The van der Waals surface area contributed by atoms with Gasteiger partial charge in [-0.2, -0.15) is 0 Å². The van der Waals surface area contributed by atoms with Gasteiger partial charge in [0.1, 0.15) is 6.61 Å². The number of amides is 1. The molecule has 0 heterocycles. The Labute approximate surface area is 184 Å². The van der Waals surface area contributed by atoms with Gasteiger partial charge in [-0.05, 0) is 23.5 Å². The second-order valence-corrected chi connectivity index (χ2v) is 7.98. The van der Waals surface area contributed by atoms with E-state index in [1.807, 2.05) is 74.5 Å². The molecule has 1 atom stereocenters. The third-order valence-corrected chi connectivity index (χ3v) is 4.72. The summed E-state index contributed by atoms with van der Waals surface area (Å²) in [5.74, 6) is -0.254. The maximum atomic E-state index is 12.7. The Morgan fingerprint density at radius 1 is 0.903 bits per heavy atom. The van der Waals surface area contributed by atoms with E-state index in [2.05, 4.69) is 0 Å². The quantitative estimate of drug-likeness (QED) is 0.499. The average Bonchev–Trinajstić information content (AvgIpc) is 2.77. The van der Waals surface area contributed by atoms with Gasteiger partial charge >= 0.3 is 12.1 Å². The summed E-state index contributed by atoms with van der Waals surface area (Å²) in [5.41, 5.74) is 1.68. The molecule has 6 nitrogen and oxygen atoms in total. The Morgan fingerprint density at radius 3 is 2.06 bits per heavy atom. The lowest BCUT2D eigenvalue weighted by Gasteiger charge is -2.21. The highest BCUT2D eigenvalue weighted by Gasteiger charge is 2.27. The van der Waals surface area contributed by atoms with E-state index in [1.165, 1.54) is 11.9 Å². The maximum Gasteiger partial charge on any atom is 0.410 e. The van der Waals surface area contributed by atoms with E-state index < -0.39 is 18.2 Å². The highest BCUT2D eigenvalue weighted by Crippen LogP contribution is 2.12. The third kappa shape index (κ3) is 9.03. The number of rotatable bonds is 11. The van der Waals surface area contributed by atoms with Gasteiger partial charge in [0, 0.05) is 19.9 Å². The summed E-state index contributed by atoms with van der Waals surface area (Å²) in [7, 11) is 1.49. The van der Waals surface area contributed by atoms with Crippen molar-refractivity contribution >= 4 is 17.8 Å². The summed E-state index contributed by atoms with van der Waals surface area (Å²) in [5, 5.41) is 0. The molecule has 0 bridgehead atoms. The van der Waals surface area contributed by atoms with Crippen molar-refractivity contribution < 1.29 is 23.9 Å². The highest BCUT2D eigenvalue weighted by atomic mass is 16.6. The Morgan fingerprint density at radius 2 is 1.48 bits per heavy atom. The molecule has 166 valence electrons. The van der Waals surface area contributed by atoms with Gasteiger partial charge in [0.25, 0.3) is 0 Å². The Bertz CT molecular complexity index is 836. The monoisotopic (exact) mass is 425 g/mol. The Hall–Kier alpha value is -3.15. The van der Waals surface area contributed by atoms with Crippen molar-refractivity contribution in [2.24, 2.45) is 5.92 Å². The summed E-state index contributed by atoms with van der Waals surface area (Å²) in [6.45, 7) is 4.12. The largest absolute Gasteiger partial charge is 0.458 e. The van der Waals surface area contributed by atoms with E-state index in [9.17, 15) is 14.4 Å². The van der Waals surface area contributed by atoms with Crippen LogP contribution in [0, 0.1) is 5.92 Å². The average molecular weight is 426 g/mol. The molecule has 2 rings (SSSR count). The molecule has 0 aliphatic rings. The van der Waals surface area contributed by atoms with Crippen LogP contribution in [0.1, 0.15) is 37.8 Å². The smallest absolute Gasteiger partial charge is 0.410 e. The van der Waals surface area contributed by atoms with Gasteiger partial charge in [-0.3, -0.25) is 4.79 Å². The van der Waals surface area contributed by atoms with E-state index in [1.54, 1.807) is 0 Å². The van der Waals surface area contributed by atoms with Crippen LogP contribution in [0.5, 0.6) is 0 Å². The number of carbonyl (C=O) groups excluding carboxylic acids is 3. The lowest BCUT2D eigenvalue weighted by atomic mass is 10.1. The fourth-order valence-electron chi connectivity index (χ4n) is 2.89. The van der Waals surface area contributed by atoms with Crippen LogP contribution in [0.2, 0.25) is 0 Å². The number of Topliss-reactive ketones (excluding diaryl/α,β-unsaturated/α-hetero) is 1. The zero-order chi connectivity index (χ0) is 22.6. The minimum Gasteiger partial charge on any atom is -0.458 e. The van der Waals surface area contributed by atoms with Gasteiger partial charge in [-0.25, -0.2) is 9.59 Å². The zero-order valence-corrected chi connectivity index (χ0v) is 18.5. The second kappa shape index (κ2) is 12.5. The van der Waals surface area contributed by atoms with Gasteiger partial charge in [-0.15, -0.1) is 0 Å². The predicted molar refractivity (Wildman–Crippen MR) is 118 cm³/mol. The first-order chi connectivity index (χ1) is 14.8. The SMILES string of the molecule is CC(C)CCC(=O)CN(C)C(=O)O[C@@H](Cc1ccccc1)C(=O)OCc1ccccc1. The molecule has 0 saturated carbocycles. The van der Waals surface area contributed by atoms with Gasteiger partial charge in [0.2, 0.25) is 6.10 Å². The van der Waals surface area contributed by atoms with E-state index in [4.69, 9.17) is 9.47 Å². The minimum absolute atomic E-state index is 0.0422. The molecule has 6 heteroatoms. The molecule has 0 radical (unpaired) electrons. The molecule has 0 aromatic heterocycles. The van der Waals surface area contributed by atoms with Crippen LogP contribution in [-0.2, 0) is 32.1 Å². The maximum absolute atomic E-state index is 12.7. The van der Waals surface area contributed by atoms with Gasteiger partial charge in [0.15, 0.2) is 5.78 Å². The van der Waals surface area contributed by atoms with Crippen LogP contribution in [0.15, 0.2) is 60.7 Å². The lowest BCUT2D eigenvalue weighted by molar-refractivity contribution is -0.155. The number of hydrogen-bond acceptors (Lipinski definition) is 5. The highest BCUT2D eigenvalue weighted by molar-refractivity contribution is 5.85. The Balaban J connectivity index is 1.99. The fourth-order valence-corrected chi connectivity index (χ4v) is 2.89. The lowest BCUT2D eigenvalue weighted by Crippen LogP contribution is -2.39. The van der Waals surface area contributed by atoms with Crippen LogP contribution in [-0.4, -0.2) is 42.4 Å². The zero-order valence-electron chi connectivity index (χ0n) is 18.5. The first-order valence-corrected chi connectivity index (χ1v) is 10.5. The summed E-state index contributed by atoms with van der Waals surface area (Å²) in [6, 6.07) is 18.6. The van der Waals surface area contributed by atoms with Crippen LogP contribution in [0.4, 0.5) is 4.79 Å². The molecule has 0 N–H and O–H groups in total. The van der Waals surface area contributed by atoms with E-state index >= 15 is 0 Å². The van der Waals surface area contributed by atoms with Gasteiger partial charge < -0.3 is 14.4 Å². The fraction of sp³-hybridized carbons (Fsp3) is 0.400. The van der Waals surface area contributed by atoms with Crippen LogP contribution < -0.4 is 0 Å². The topological polar surface area (TPSA) is 72.9 Å². The third-order valence-electron chi connectivity index (χ3n) is 4.72. The second-order valence-electron chi connectivity index (χ2n) is 7.98. The standard InChI is InChI=1S/C25H31NO5/c1-19(2)14-15-22(27)17-26(3)25(29)31-23(16-20-10-6-4-7-11-20)24(28)30-18-21-12-8-5-9-13-21/h4-13,19,23H,14-18H2,1-3H3/t23-/m0/s1. The molecule has 2 aromatic rings. The van der Waals surface area contributed by atoms with Crippen molar-refractivity contribution in [2.75, 3.05) is 13.6 Å². The number of esters is 1. The van der Waals surface area contributed by atoms with E-state index in [0.717, 1.165) is 17.5 Å². The summed E-state index contributed by atoms with van der Waals surface area (Å²) in [6.07, 6.45) is -0.469. The molecule has 0 unspecified atom stereocenters. The predicted octanol–water partition coefficient (Wildman–Crippen LogP) is 4.41. The number of ether oxygens (including phenoxy) is 2. The van der Waals surface area contributed by atoms with Crippen LogP contribution >= 0.6 is 0 Å². The number of hydrogen-bond donors (Lipinski definition) is 0. The first-order valence-electron chi connectivity index (χ1n) is 10.5. The van der Waals surface area contributed by atoms with E-state index in [-0.39, 0.29) is 25.4 Å². The normalized spacial score (nSPS) is 11.6. The first kappa shape index (κ1) is 24.1. The molecule has 0 fully saturated rings. The molecule has 0 aliphatic carbocycles. The Kier molecular flexibility index (Phi) is 9.75. The van der Waals surface area contributed by atoms with Crippen molar-refractivity contribution in [1.29, 1.82) is 0 Å². The number of benzene rings is 2. The van der Waals surface area contributed by atoms with Crippen molar-refractivity contribution in [3.63, 3.8) is 0 Å². The number of ketones is 1. The molecule has 0 spiro atoms. The molecule has 0 saturated heterocycles. The minimum atomic E-state index is -1.10. The summed E-state index contributed by atoms with van der Waals surface area (Å²) >= 11 is 0. The van der Waals surface area contributed by atoms with Crippen molar-refractivity contribution in [3.8, 4) is 0 Å². The molecular formula is C25H31NO5. The van der Waals surface area contributed by atoms with Gasteiger partial charge in [-0.1, -0.05) is 74.5 Å². The van der Waals surface area contributed by atoms with E-state index in [0.29, 0.717) is 12.3 Å². The van der Waals surface area contributed by atoms with Gasteiger partial charge in [0.05, 0.1) is 6.54 Å². The molecule has 2 aromatic carbocycles. The summed E-state index contributed by atoms with van der Waals surface area (Å²) < 4.78 is 10.8. The number of likely N-dealkylation sites (N-methyl/N-ethyl adjacent to an activating group) is 1. The number of carbonyl (C=O) groups is 3. The van der Waals surface area contributed by atoms with Crippen LogP contribution in [0.3, 0.4) is 0 Å². The molecular weight excluding hydrogens is 394 g/mol.